The summed E-state index contributed by atoms with van der Waals surface area (Å²) in [6.07, 6.45) is 1.20. The molecule has 0 bridgehead atoms. The van der Waals surface area contributed by atoms with Gasteiger partial charge in [-0.1, -0.05) is 20.8 Å². The van der Waals surface area contributed by atoms with Crippen LogP contribution in [0.15, 0.2) is 5.38 Å². The van der Waals surface area contributed by atoms with E-state index in [2.05, 4.69) is 49.5 Å². The second kappa shape index (κ2) is 13.4. The van der Waals surface area contributed by atoms with E-state index in [1.807, 2.05) is 4.90 Å². The fourth-order valence-electron chi connectivity index (χ4n) is 3.26. The summed E-state index contributed by atoms with van der Waals surface area (Å²) in [5.74, 6) is -1.04. The molecule has 1 aliphatic rings. The number of nitrogens with one attached hydrogen (secondary N) is 2. The van der Waals surface area contributed by atoms with E-state index in [-0.39, 0.29) is 30.0 Å². The molecule has 1 aromatic rings. The lowest BCUT2D eigenvalue weighted by Crippen LogP contribution is -2.49. The van der Waals surface area contributed by atoms with E-state index in [4.69, 9.17) is 18.6 Å². The summed E-state index contributed by atoms with van der Waals surface area (Å²) in [6, 6.07) is -1.03. The van der Waals surface area contributed by atoms with Crippen LogP contribution in [0.1, 0.15) is 44.1 Å². The monoisotopic (exact) mass is 544 g/mol. The number of carbonyl (C=O) groups excluding carboxylic acids is 3. The number of methoxy groups -OCH3 is 2. The van der Waals surface area contributed by atoms with Gasteiger partial charge in [0.05, 0.1) is 20.3 Å². The Morgan fingerprint density at radius 2 is 1.97 bits per heavy atom. The van der Waals surface area contributed by atoms with Gasteiger partial charge in [0.2, 0.25) is 0 Å². The Labute approximate surface area is 218 Å². The molecule has 13 heteroatoms. The topological polar surface area (TPSA) is 128 Å². The second-order valence-corrected chi connectivity index (χ2v) is 15.8. The normalized spacial score (nSPS) is 17.3. The predicted molar refractivity (Wildman–Crippen MR) is 140 cm³/mol. The minimum atomic E-state index is -2.13. The van der Waals surface area contributed by atoms with Crippen LogP contribution in [0, 0.1) is 0 Å². The molecule has 0 radical (unpaired) electrons. The SMILES string of the molecule is COCCOC(=O)N[C@@H]1CCCN(c2nc(C(=O)N[C@@H](CO[Si](C)(C)C(C)(C)C)C(=O)OC)cs2)C1. The van der Waals surface area contributed by atoms with Gasteiger partial charge in [0.25, 0.3) is 5.91 Å². The number of thiazole rings is 1. The van der Waals surface area contributed by atoms with Crippen molar-refractivity contribution in [3.63, 3.8) is 0 Å². The highest BCUT2D eigenvalue weighted by molar-refractivity contribution is 7.13. The lowest BCUT2D eigenvalue weighted by Gasteiger charge is -2.37. The first-order chi connectivity index (χ1) is 16.9. The Hall–Kier alpha value is -2.22. The molecule has 2 rings (SSSR count). The Morgan fingerprint density at radius 3 is 2.61 bits per heavy atom. The van der Waals surface area contributed by atoms with Gasteiger partial charge in [-0.05, 0) is 31.0 Å². The van der Waals surface area contributed by atoms with Gasteiger partial charge in [-0.25, -0.2) is 14.6 Å². The Balaban J connectivity index is 1.98. The molecule has 0 unspecified atom stereocenters. The minimum absolute atomic E-state index is 0.0336. The molecule has 0 spiro atoms. The van der Waals surface area contributed by atoms with Crippen LogP contribution in [-0.2, 0) is 23.4 Å². The molecule has 204 valence electrons. The van der Waals surface area contributed by atoms with Gasteiger partial charge in [0, 0.05) is 31.6 Å². The summed E-state index contributed by atoms with van der Waals surface area (Å²) in [5.41, 5.74) is 0.213. The van der Waals surface area contributed by atoms with Crippen molar-refractivity contribution in [2.24, 2.45) is 0 Å². The molecule has 1 aliphatic heterocycles. The summed E-state index contributed by atoms with van der Waals surface area (Å²) in [6.45, 7) is 12.4. The van der Waals surface area contributed by atoms with E-state index >= 15 is 0 Å². The van der Waals surface area contributed by atoms with Crippen LogP contribution in [0.5, 0.6) is 0 Å². The first kappa shape index (κ1) is 30.0. The van der Waals surface area contributed by atoms with Gasteiger partial charge in [0.15, 0.2) is 13.4 Å². The molecule has 2 amide bonds. The Morgan fingerprint density at radius 1 is 1.25 bits per heavy atom. The van der Waals surface area contributed by atoms with Crippen LogP contribution in [-0.4, -0.2) is 90.5 Å². The number of nitrogens with zero attached hydrogens (tertiary/aromatic N) is 2. The zero-order valence-corrected chi connectivity index (χ0v) is 24.2. The van der Waals surface area contributed by atoms with Crippen LogP contribution in [0.4, 0.5) is 9.93 Å². The zero-order chi connectivity index (χ0) is 26.9. The molecule has 2 N–H and O–H groups in total. The van der Waals surface area contributed by atoms with E-state index in [0.29, 0.717) is 18.3 Å². The number of esters is 1. The molecule has 0 saturated carbocycles. The molecule has 2 atom stereocenters. The highest BCUT2D eigenvalue weighted by atomic mass is 32.1. The molecule has 1 fully saturated rings. The highest BCUT2D eigenvalue weighted by Gasteiger charge is 2.38. The van der Waals surface area contributed by atoms with Crippen molar-refractivity contribution in [3.05, 3.63) is 11.1 Å². The molecule has 36 heavy (non-hydrogen) atoms. The van der Waals surface area contributed by atoms with Crippen molar-refractivity contribution in [1.29, 1.82) is 0 Å². The van der Waals surface area contributed by atoms with E-state index in [0.717, 1.165) is 19.4 Å². The van der Waals surface area contributed by atoms with E-state index < -0.39 is 32.3 Å². The van der Waals surface area contributed by atoms with Gasteiger partial charge in [-0.2, -0.15) is 0 Å². The lowest BCUT2D eigenvalue weighted by molar-refractivity contribution is -0.143. The average molecular weight is 545 g/mol. The standard InChI is InChI=1S/C23H40N4O7SSi/c1-23(2,3)36(6,7)34-14-17(20(29)32-5)25-19(28)18-15-35-21(26-18)27-10-8-9-16(13-27)24-22(30)33-12-11-31-4/h15-17H,8-14H2,1-7H3,(H,24,30)(H,25,28)/t16-,17+/m1/s1. The molecule has 11 nitrogen and oxygen atoms in total. The highest BCUT2D eigenvalue weighted by Crippen LogP contribution is 2.36. The maximum atomic E-state index is 12.9. The number of carbonyl (C=O) groups is 3. The molecular formula is C23H40N4O7SSi. The molecule has 2 heterocycles. The number of hydrogen-bond donors (Lipinski definition) is 2. The average Bonchev–Trinajstić information content (AvgIpc) is 3.31. The molecule has 1 saturated heterocycles. The lowest BCUT2D eigenvalue weighted by atomic mass is 10.1. The van der Waals surface area contributed by atoms with E-state index in [1.54, 1.807) is 12.5 Å². The van der Waals surface area contributed by atoms with E-state index in [1.165, 1.54) is 18.4 Å². The molecule has 0 aromatic carbocycles. The summed E-state index contributed by atoms with van der Waals surface area (Å²) in [7, 11) is 0.696. The van der Waals surface area contributed by atoms with Crippen molar-refractivity contribution in [2.75, 3.05) is 52.0 Å². The fourth-order valence-corrected chi connectivity index (χ4v) is 5.12. The van der Waals surface area contributed by atoms with Crippen LogP contribution in [0.3, 0.4) is 0 Å². The van der Waals surface area contributed by atoms with Gasteiger partial charge >= 0.3 is 12.1 Å². The van der Waals surface area contributed by atoms with Gasteiger partial charge < -0.3 is 34.2 Å². The van der Waals surface area contributed by atoms with Crippen LogP contribution >= 0.6 is 11.3 Å². The Kier molecular flexibility index (Phi) is 11.1. The van der Waals surface area contributed by atoms with Gasteiger partial charge in [-0.15, -0.1) is 11.3 Å². The number of rotatable bonds is 11. The maximum absolute atomic E-state index is 12.9. The third-order valence-corrected chi connectivity index (χ3v) is 11.9. The number of anilines is 1. The summed E-state index contributed by atoms with van der Waals surface area (Å²) in [5, 5.41) is 7.87. The van der Waals surface area contributed by atoms with E-state index in [9.17, 15) is 14.4 Å². The van der Waals surface area contributed by atoms with Crippen molar-refractivity contribution >= 4 is 42.8 Å². The van der Waals surface area contributed by atoms with Crippen molar-refractivity contribution < 1.29 is 33.0 Å². The second-order valence-electron chi connectivity index (χ2n) is 10.2. The summed E-state index contributed by atoms with van der Waals surface area (Å²) < 4.78 is 21.0. The number of hydrogen-bond acceptors (Lipinski definition) is 10. The number of aromatic nitrogens is 1. The summed E-state index contributed by atoms with van der Waals surface area (Å²) >= 11 is 1.34. The zero-order valence-electron chi connectivity index (χ0n) is 22.3. The molecular weight excluding hydrogens is 504 g/mol. The number of amides is 2. The van der Waals surface area contributed by atoms with Crippen molar-refractivity contribution in [3.8, 4) is 0 Å². The quantitative estimate of drug-likeness (QED) is 0.245. The van der Waals surface area contributed by atoms with Crippen LogP contribution < -0.4 is 15.5 Å². The molecule has 0 aliphatic carbocycles. The van der Waals surface area contributed by atoms with Gasteiger partial charge in [0.1, 0.15) is 18.3 Å². The third kappa shape index (κ3) is 8.71. The summed E-state index contributed by atoms with van der Waals surface area (Å²) in [4.78, 5) is 43.7. The first-order valence-corrected chi connectivity index (χ1v) is 15.8. The third-order valence-electron chi connectivity index (χ3n) is 6.47. The van der Waals surface area contributed by atoms with Crippen molar-refractivity contribution in [1.82, 2.24) is 15.6 Å². The van der Waals surface area contributed by atoms with Crippen molar-refractivity contribution in [2.45, 2.75) is 63.8 Å². The number of piperidine rings is 1. The fraction of sp³-hybridized carbons (Fsp3) is 0.739. The minimum Gasteiger partial charge on any atom is -0.467 e. The van der Waals surface area contributed by atoms with Gasteiger partial charge in [-0.3, -0.25) is 4.79 Å². The molecule has 1 aromatic heterocycles. The maximum Gasteiger partial charge on any atom is 0.407 e. The largest absolute Gasteiger partial charge is 0.467 e. The number of alkyl carbamates (subject to hydrolysis) is 1. The number of ether oxygens (including phenoxy) is 3. The first-order valence-electron chi connectivity index (χ1n) is 12.0. The van der Waals surface area contributed by atoms with Crippen LogP contribution in [0.25, 0.3) is 0 Å². The smallest absolute Gasteiger partial charge is 0.407 e. The predicted octanol–water partition coefficient (Wildman–Crippen LogP) is 2.78. The Bertz CT molecular complexity index is 890. The van der Waals surface area contributed by atoms with Crippen LogP contribution in [0.2, 0.25) is 18.1 Å².